The summed E-state index contributed by atoms with van der Waals surface area (Å²) in [5.41, 5.74) is 0. The van der Waals surface area contributed by atoms with Crippen molar-refractivity contribution >= 4 is 0 Å². The van der Waals surface area contributed by atoms with E-state index in [2.05, 4.69) is 0 Å². The molecule has 4 nitrogen and oxygen atoms in total. The maximum Gasteiger partial charge on any atom is 0.207 e. The van der Waals surface area contributed by atoms with E-state index in [1.165, 1.54) is 26.4 Å². The van der Waals surface area contributed by atoms with Crippen LogP contribution in [-0.4, -0.2) is 24.4 Å². The van der Waals surface area contributed by atoms with Crippen molar-refractivity contribution in [3.63, 3.8) is 0 Å². The Balaban J connectivity index is 3.25. The molecule has 1 rings (SSSR count). The molecule has 0 atom stereocenters. The molecule has 66 valence electrons. The first-order valence-electron chi connectivity index (χ1n) is 3.33. The normalized spacial score (nSPS) is 9.50. The highest BCUT2D eigenvalue weighted by Gasteiger charge is 2.12. The van der Waals surface area contributed by atoms with Crippen LogP contribution in [0.4, 0.5) is 0 Å². The fourth-order valence-corrected chi connectivity index (χ4v) is 0.900. The van der Waals surface area contributed by atoms with Gasteiger partial charge in [0.05, 0.1) is 14.2 Å². The lowest BCUT2D eigenvalue weighted by atomic mass is 10.2. The average Bonchev–Trinajstić information content (AvgIpc) is 2.09. The number of hydrogen-bond donors (Lipinski definition) is 2. The molecule has 0 unspecified atom stereocenters. The molecular weight excluding hydrogens is 160 g/mol. The molecule has 0 heterocycles. The van der Waals surface area contributed by atoms with E-state index in [1.54, 1.807) is 0 Å². The number of ether oxygens (including phenoxy) is 2. The average molecular weight is 170 g/mol. The molecule has 12 heavy (non-hydrogen) atoms. The maximum absolute atomic E-state index is 9.25. The summed E-state index contributed by atoms with van der Waals surface area (Å²) in [4.78, 5) is 0. The van der Waals surface area contributed by atoms with Crippen LogP contribution in [-0.2, 0) is 0 Å². The minimum Gasteiger partial charge on any atom is -0.504 e. The largest absolute Gasteiger partial charge is 0.504 e. The van der Waals surface area contributed by atoms with Crippen LogP contribution in [0.2, 0.25) is 0 Å². The molecule has 0 saturated carbocycles. The summed E-state index contributed by atoms with van der Waals surface area (Å²) in [6.07, 6.45) is 0. The molecule has 0 aliphatic carbocycles. The van der Waals surface area contributed by atoms with Crippen molar-refractivity contribution in [2.24, 2.45) is 0 Å². The summed E-state index contributed by atoms with van der Waals surface area (Å²) < 4.78 is 9.69. The summed E-state index contributed by atoms with van der Waals surface area (Å²) in [6.45, 7) is 0. The Hall–Kier alpha value is -1.58. The highest BCUT2D eigenvalue weighted by atomic mass is 16.5. The number of phenolic OH excluding ortho intramolecular Hbond substituents is 2. The van der Waals surface area contributed by atoms with E-state index in [9.17, 15) is 5.11 Å². The third-order valence-corrected chi connectivity index (χ3v) is 1.50. The van der Waals surface area contributed by atoms with Gasteiger partial charge in [-0.3, -0.25) is 0 Å². The predicted molar refractivity (Wildman–Crippen MR) is 42.9 cm³/mol. The monoisotopic (exact) mass is 170 g/mol. The van der Waals surface area contributed by atoms with Gasteiger partial charge in [0, 0.05) is 0 Å². The maximum atomic E-state index is 9.25. The standard InChI is InChI=1S/C8H10O4/c1-11-6-4-3-5(9)7(10)8(6)12-2/h3-4,9-10H,1-2H3. The van der Waals surface area contributed by atoms with Gasteiger partial charge in [-0.15, -0.1) is 0 Å². The van der Waals surface area contributed by atoms with E-state index in [1.807, 2.05) is 0 Å². The van der Waals surface area contributed by atoms with Gasteiger partial charge in [-0.25, -0.2) is 0 Å². The number of phenols is 2. The van der Waals surface area contributed by atoms with E-state index in [-0.39, 0.29) is 17.2 Å². The van der Waals surface area contributed by atoms with Crippen molar-refractivity contribution in [2.75, 3.05) is 14.2 Å². The zero-order chi connectivity index (χ0) is 9.14. The minimum absolute atomic E-state index is 0.137. The Kier molecular flexibility index (Phi) is 2.28. The predicted octanol–water partition coefficient (Wildman–Crippen LogP) is 1.11. The first-order valence-corrected chi connectivity index (χ1v) is 3.33. The van der Waals surface area contributed by atoms with Crippen LogP contribution in [0, 0.1) is 0 Å². The van der Waals surface area contributed by atoms with E-state index < -0.39 is 0 Å². The van der Waals surface area contributed by atoms with Crippen molar-refractivity contribution in [3.05, 3.63) is 12.1 Å². The Bertz CT molecular complexity index is 283. The molecule has 4 heteroatoms. The van der Waals surface area contributed by atoms with Gasteiger partial charge in [-0.05, 0) is 12.1 Å². The third kappa shape index (κ3) is 1.23. The van der Waals surface area contributed by atoms with Crippen LogP contribution in [0.5, 0.6) is 23.0 Å². The number of hydrogen-bond acceptors (Lipinski definition) is 4. The molecule has 0 amide bonds. The van der Waals surface area contributed by atoms with Gasteiger partial charge in [0.1, 0.15) is 0 Å². The van der Waals surface area contributed by atoms with Crippen LogP contribution in [0.15, 0.2) is 12.1 Å². The molecule has 0 aromatic heterocycles. The molecule has 1 aromatic rings. The highest BCUT2D eigenvalue weighted by Crippen LogP contribution is 2.42. The Labute approximate surface area is 70.0 Å². The molecule has 1 aromatic carbocycles. The number of methoxy groups -OCH3 is 2. The van der Waals surface area contributed by atoms with Gasteiger partial charge in [0.25, 0.3) is 0 Å². The molecule has 0 aliphatic rings. The van der Waals surface area contributed by atoms with Crippen molar-refractivity contribution in [3.8, 4) is 23.0 Å². The van der Waals surface area contributed by atoms with E-state index in [0.29, 0.717) is 5.75 Å². The van der Waals surface area contributed by atoms with Crippen molar-refractivity contribution in [1.29, 1.82) is 0 Å². The zero-order valence-corrected chi connectivity index (χ0v) is 6.87. The van der Waals surface area contributed by atoms with Crippen molar-refractivity contribution < 1.29 is 19.7 Å². The summed E-state index contributed by atoms with van der Waals surface area (Å²) >= 11 is 0. The second-order valence-corrected chi connectivity index (χ2v) is 2.17. The summed E-state index contributed by atoms with van der Waals surface area (Å²) in [5.74, 6) is -0.0187. The van der Waals surface area contributed by atoms with Crippen molar-refractivity contribution in [2.45, 2.75) is 0 Å². The molecule has 0 aliphatic heterocycles. The van der Waals surface area contributed by atoms with Crippen LogP contribution in [0.3, 0.4) is 0 Å². The molecule has 0 radical (unpaired) electrons. The Morgan fingerprint density at radius 1 is 1.08 bits per heavy atom. The lowest BCUT2D eigenvalue weighted by Gasteiger charge is -2.09. The number of benzene rings is 1. The van der Waals surface area contributed by atoms with Crippen LogP contribution in [0.25, 0.3) is 0 Å². The Morgan fingerprint density at radius 2 is 1.75 bits per heavy atom. The SMILES string of the molecule is COc1ccc(O)c(O)c1OC. The first kappa shape index (κ1) is 8.52. The lowest BCUT2D eigenvalue weighted by molar-refractivity contribution is 0.321. The smallest absolute Gasteiger partial charge is 0.207 e. The van der Waals surface area contributed by atoms with E-state index in [0.717, 1.165) is 0 Å². The molecule has 0 bridgehead atoms. The van der Waals surface area contributed by atoms with Gasteiger partial charge < -0.3 is 19.7 Å². The molecular formula is C8H10O4. The number of rotatable bonds is 2. The molecule has 0 spiro atoms. The minimum atomic E-state index is -0.308. The first-order chi connectivity index (χ1) is 5.70. The fraction of sp³-hybridized carbons (Fsp3) is 0.250. The summed E-state index contributed by atoms with van der Waals surface area (Å²) in [7, 11) is 2.84. The molecule has 0 fully saturated rings. The van der Waals surface area contributed by atoms with Crippen LogP contribution in [0.1, 0.15) is 0 Å². The van der Waals surface area contributed by atoms with Gasteiger partial charge in [0.2, 0.25) is 11.5 Å². The van der Waals surface area contributed by atoms with E-state index >= 15 is 0 Å². The highest BCUT2D eigenvalue weighted by molar-refractivity contribution is 5.57. The second kappa shape index (κ2) is 3.21. The van der Waals surface area contributed by atoms with Gasteiger partial charge in [-0.2, -0.15) is 0 Å². The van der Waals surface area contributed by atoms with E-state index in [4.69, 9.17) is 14.6 Å². The quantitative estimate of drug-likeness (QED) is 0.653. The molecule has 2 N–H and O–H groups in total. The lowest BCUT2D eigenvalue weighted by Crippen LogP contribution is -1.90. The second-order valence-electron chi connectivity index (χ2n) is 2.17. The zero-order valence-electron chi connectivity index (χ0n) is 6.87. The summed E-state index contributed by atoms with van der Waals surface area (Å²) in [6, 6.07) is 2.84. The van der Waals surface area contributed by atoms with Gasteiger partial charge >= 0.3 is 0 Å². The Morgan fingerprint density at radius 3 is 2.25 bits per heavy atom. The summed E-state index contributed by atoms with van der Waals surface area (Å²) in [5, 5.41) is 18.3. The number of aromatic hydroxyl groups is 2. The van der Waals surface area contributed by atoms with Gasteiger partial charge in [0.15, 0.2) is 11.5 Å². The van der Waals surface area contributed by atoms with Crippen LogP contribution >= 0.6 is 0 Å². The molecule has 0 saturated heterocycles. The topological polar surface area (TPSA) is 58.9 Å². The third-order valence-electron chi connectivity index (χ3n) is 1.50. The van der Waals surface area contributed by atoms with Gasteiger partial charge in [-0.1, -0.05) is 0 Å². The van der Waals surface area contributed by atoms with Crippen molar-refractivity contribution in [1.82, 2.24) is 0 Å². The fourth-order valence-electron chi connectivity index (χ4n) is 0.900. The van der Waals surface area contributed by atoms with Crippen LogP contribution < -0.4 is 9.47 Å².